The zero-order chi connectivity index (χ0) is 23.7. The van der Waals surface area contributed by atoms with Gasteiger partial charge in [0, 0.05) is 45.4 Å². The Bertz CT molecular complexity index is 1080. The van der Waals surface area contributed by atoms with Gasteiger partial charge < -0.3 is 9.80 Å². The number of aromatic nitrogens is 2. The van der Waals surface area contributed by atoms with Gasteiger partial charge in [-0.25, -0.2) is 28.1 Å². The van der Waals surface area contributed by atoms with Crippen LogP contribution in [-0.4, -0.2) is 71.3 Å². The monoisotopic (exact) mass is 460 g/mol. The van der Waals surface area contributed by atoms with E-state index < -0.39 is 35.7 Å². The molecule has 1 saturated heterocycles. The average molecular weight is 460 g/mol. The molecule has 0 bridgehead atoms. The second-order valence-corrected chi connectivity index (χ2v) is 8.25. The normalized spacial score (nSPS) is 22.5. The highest BCUT2D eigenvalue weighted by Gasteiger charge is 2.40. The second-order valence-electron chi connectivity index (χ2n) is 8.25. The molecular weight excluding hydrogens is 437 g/mol. The first kappa shape index (κ1) is 22.7. The van der Waals surface area contributed by atoms with Crippen LogP contribution in [0.15, 0.2) is 35.7 Å². The van der Waals surface area contributed by atoms with Gasteiger partial charge in [-0.1, -0.05) is 0 Å². The minimum Gasteiger partial charge on any atom is -0.354 e. The maximum atomic E-state index is 15.2. The van der Waals surface area contributed by atoms with Crippen molar-refractivity contribution in [1.82, 2.24) is 19.9 Å². The summed E-state index contributed by atoms with van der Waals surface area (Å²) in [4.78, 5) is 36.4. The van der Waals surface area contributed by atoms with Crippen LogP contribution in [0.1, 0.15) is 34.9 Å². The van der Waals surface area contributed by atoms with Gasteiger partial charge in [0.1, 0.15) is 35.6 Å². The number of anilines is 1. The summed E-state index contributed by atoms with van der Waals surface area (Å²) in [6.07, 6.45) is 1.69. The summed E-state index contributed by atoms with van der Waals surface area (Å²) in [5, 5.41) is 5.18. The molecule has 8 nitrogen and oxygen atoms in total. The van der Waals surface area contributed by atoms with E-state index in [1.54, 1.807) is 19.0 Å². The Morgan fingerprint density at radius 1 is 1.09 bits per heavy atom. The summed E-state index contributed by atoms with van der Waals surface area (Å²) in [6, 6.07) is 3.87. The minimum atomic E-state index is -1.52. The summed E-state index contributed by atoms with van der Waals surface area (Å²) in [5.41, 5.74) is 0.459. The molecule has 0 unspecified atom stereocenters. The number of benzene rings is 1. The van der Waals surface area contributed by atoms with Crippen molar-refractivity contribution >= 4 is 23.8 Å². The maximum absolute atomic E-state index is 15.2. The van der Waals surface area contributed by atoms with Gasteiger partial charge in [0.05, 0.1) is 18.5 Å². The van der Waals surface area contributed by atoms with Gasteiger partial charge in [-0.15, -0.1) is 0 Å². The van der Waals surface area contributed by atoms with Crippen molar-refractivity contribution in [1.29, 1.82) is 0 Å². The molecular formula is C22H23F3N6O2. The van der Waals surface area contributed by atoms with E-state index in [0.717, 1.165) is 23.2 Å². The van der Waals surface area contributed by atoms with Crippen molar-refractivity contribution in [2.45, 2.75) is 25.1 Å². The number of amides is 2. The smallest absolute Gasteiger partial charge is 0.272 e. The highest BCUT2D eigenvalue weighted by molar-refractivity contribution is 5.92. The van der Waals surface area contributed by atoms with Crippen molar-refractivity contribution in [2.24, 2.45) is 11.0 Å². The molecule has 33 heavy (non-hydrogen) atoms. The molecule has 3 heterocycles. The number of hydrazone groups is 1. The number of carbonyl (C=O) groups is 2. The van der Waals surface area contributed by atoms with Gasteiger partial charge >= 0.3 is 0 Å². The fourth-order valence-corrected chi connectivity index (χ4v) is 4.10. The summed E-state index contributed by atoms with van der Waals surface area (Å²) in [6.45, 7) is 0.236. The van der Waals surface area contributed by atoms with E-state index in [-0.39, 0.29) is 36.6 Å². The molecule has 2 amide bonds. The van der Waals surface area contributed by atoms with E-state index in [4.69, 9.17) is 0 Å². The third kappa shape index (κ3) is 4.67. The Balaban J connectivity index is 1.47. The molecule has 0 N–H and O–H groups in total. The van der Waals surface area contributed by atoms with Crippen LogP contribution in [0.5, 0.6) is 0 Å². The molecule has 2 aromatic rings. The quantitative estimate of drug-likeness (QED) is 0.701. The highest BCUT2D eigenvalue weighted by atomic mass is 19.1. The number of nitrogens with zero attached hydrogens (tertiary/aromatic N) is 6. The topological polar surface area (TPSA) is 82.0 Å². The third-order valence-electron chi connectivity index (χ3n) is 5.79. The molecule has 2 aliphatic heterocycles. The Morgan fingerprint density at radius 2 is 1.82 bits per heavy atom. The van der Waals surface area contributed by atoms with Crippen molar-refractivity contribution < 1.29 is 22.8 Å². The van der Waals surface area contributed by atoms with Crippen molar-refractivity contribution in [2.75, 3.05) is 32.1 Å². The van der Waals surface area contributed by atoms with Crippen LogP contribution < -0.4 is 4.90 Å². The number of alkyl halides is 1. The van der Waals surface area contributed by atoms with Crippen LogP contribution in [-0.2, 0) is 4.79 Å². The number of rotatable bonds is 4. The summed E-state index contributed by atoms with van der Waals surface area (Å²) >= 11 is 0. The molecule has 174 valence electrons. The molecule has 1 fully saturated rings. The van der Waals surface area contributed by atoms with E-state index in [9.17, 15) is 18.4 Å². The number of carbonyl (C=O) groups excluding carboxylic acids is 2. The SMILES string of the molecule is CN(C)C(=O)c1cc(N2CC[C@@H](C(=O)N3N=CC[C@H]3c3cc(F)cc(F)c3)[C@@H](F)C2)ncn1. The van der Waals surface area contributed by atoms with Crippen molar-refractivity contribution in [3.63, 3.8) is 0 Å². The predicted molar refractivity (Wildman–Crippen MR) is 114 cm³/mol. The Kier molecular flexibility index (Phi) is 6.30. The molecule has 3 atom stereocenters. The van der Waals surface area contributed by atoms with Gasteiger partial charge in [-0.2, -0.15) is 5.10 Å². The fraction of sp³-hybridized carbons (Fsp3) is 0.409. The largest absolute Gasteiger partial charge is 0.354 e. The van der Waals surface area contributed by atoms with Gasteiger partial charge in [-0.05, 0) is 24.1 Å². The highest BCUT2D eigenvalue weighted by Crippen LogP contribution is 2.34. The van der Waals surface area contributed by atoms with Crippen LogP contribution >= 0.6 is 0 Å². The van der Waals surface area contributed by atoms with E-state index in [0.29, 0.717) is 12.4 Å². The van der Waals surface area contributed by atoms with E-state index in [1.165, 1.54) is 23.5 Å². The molecule has 11 heteroatoms. The second kappa shape index (κ2) is 9.16. The molecule has 0 aliphatic carbocycles. The molecule has 1 aromatic carbocycles. The Labute approximate surface area is 188 Å². The average Bonchev–Trinajstić information content (AvgIpc) is 3.27. The molecule has 4 rings (SSSR count). The molecule has 0 saturated carbocycles. The van der Waals surface area contributed by atoms with Crippen LogP contribution in [0.2, 0.25) is 0 Å². The fourth-order valence-electron chi connectivity index (χ4n) is 4.10. The third-order valence-corrected chi connectivity index (χ3v) is 5.79. The van der Waals surface area contributed by atoms with E-state index in [2.05, 4.69) is 15.1 Å². The first-order valence-electron chi connectivity index (χ1n) is 10.5. The summed E-state index contributed by atoms with van der Waals surface area (Å²) < 4.78 is 42.5. The first-order valence-corrected chi connectivity index (χ1v) is 10.5. The van der Waals surface area contributed by atoms with Crippen LogP contribution in [0.3, 0.4) is 0 Å². The van der Waals surface area contributed by atoms with Crippen LogP contribution in [0.25, 0.3) is 0 Å². The van der Waals surface area contributed by atoms with Crippen LogP contribution in [0.4, 0.5) is 19.0 Å². The van der Waals surface area contributed by atoms with Crippen LogP contribution in [0, 0.1) is 17.6 Å². The Hall–Kier alpha value is -3.50. The van der Waals surface area contributed by atoms with Gasteiger partial charge in [-0.3, -0.25) is 9.59 Å². The number of hydrogen-bond donors (Lipinski definition) is 0. The number of piperidine rings is 1. The lowest BCUT2D eigenvalue weighted by molar-refractivity contribution is -0.140. The van der Waals surface area contributed by atoms with Gasteiger partial charge in [0.25, 0.3) is 5.91 Å². The zero-order valence-corrected chi connectivity index (χ0v) is 18.2. The van der Waals surface area contributed by atoms with E-state index in [1.807, 2.05) is 0 Å². The lowest BCUT2D eigenvalue weighted by Gasteiger charge is -2.36. The van der Waals surface area contributed by atoms with Gasteiger partial charge in [0.2, 0.25) is 5.91 Å². The maximum Gasteiger partial charge on any atom is 0.272 e. The standard InChI is InChI=1S/C22H23F3N6O2/c1-29(2)22(33)18-10-20(27-12-26-18)30-6-4-16(17(25)11-30)21(32)31-19(3-5-28-31)13-7-14(23)9-15(24)8-13/h5,7-10,12,16-17,19H,3-4,6,11H2,1-2H3/t16-,17+,19+/m1/s1. The molecule has 2 aliphatic rings. The Morgan fingerprint density at radius 3 is 2.48 bits per heavy atom. The number of hydrogen-bond acceptors (Lipinski definition) is 6. The predicted octanol–water partition coefficient (Wildman–Crippen LogP) is 2.58. The molecule has 1 aromatic heterocycles. The first-order chi connectivity index (χ1) is 15.7. The van der Waals surface area contributed by atoms with Gasteiger partial charge in [0.15, 0.2) is 0 Å². The lowest BCUT2D eigenvalue weighted by atomic mass is 9.92. The van der Waals surface area contributed by atoms with Crippen molar-refractivity contribution in [3.8, 4) is 0 Å². The number of halogens is 3. The zero-order valence-electron chi connectivity index (χ0n) is 18.2. The lowest BCUT2D eigenvalue weighted by Crippen LogP contribution is -2.48. The summed E-state index contributed by atoms with van der Waals surface area (Å²) in [5.74, 6) is -2.89. The molecule has 0 radical (unpaired) electrons. The van der Waals surface area contributed by atoms with Crippen molar-refractivity contribution in [3.05, 3.63) is 53.5 Å². The van der Waals surface area contributed by atoms with E-state index >= 15 is 4.39 Å². The molecule has 0 spiro atoms. The summed E-state index contributed by atoms with van der Waals surface area (Å²) in [7, 11) is 3.20. The minimum absolute atomic E-state index is 0.0974.